The number of rotatable bonds is 6. The normalized spacial score (nSPS) is 10.3. The maximum atomic E-state index is 12.3. The van der Waals surface area contributed by atoms with Crippen molar-refractivity contribution in [1.29, 1.82) is 0 Å². The highest BCUT2D eigenvalue weighted by Crippen LogP contribution is 2.18. The summed E-state index contributed by atoms with van der Waals surface area (Å²) in [7, 11) is 0. The fourth-order valence-corrected chi connectivity index (χ4v) is 2.95. The van der Waals surface area contributed by atoms with Crippen LogP contribution in [0.4, 0.5) is 17.2 Å². The average Bonchev–Trinajstić information content (AvgIpc) is 2.70. The number of nitrogens with zero attached hydrogens (tertiary/aromatic N) is 1. The van der Waals surface area contributed by atoms with Gasteiger partial charge in [0.1, 0.15) is 5.69 Å². The van der Waals surface area contributed by atoms with Crippen LogP contribution < -0.4 is 21.9 Å². The van der Waals surface area contributed by atoms with Gasteiger partial charge in [-0.25, -0.2) is 4.98 Å². The Kier molecular flexibility index (Phi) is 6.07. The molecule has 9 heteroatoms. The van der Waals surface area contributed by atoms with Crippen LogP contribution >= 0.6 is 11.8 Å². The van der Waals surface area contributed by atoms with Gasteiger partial charge in [0.05, 0.1) is 5.75 Å². The fourth-order valence-electron chi connectivity index (χ4n) is 2.29. The number of hydrogen-bond donors (Lipinski definition) is 4. The number of nitrogens with one attached hydrogen (secondary N) is 3. The number of nitrogens with two attached hydrogens (primary N) is 1. The van der Waals surface area contributed by atoms with Gasteiger partial charge in [0, 0.05) is 11.3 Å². The van der Waals surface area contributed by atoms with E-state index in [1.807, 2.05) is 18.2 Å². The van der Waals surface area contributed by atoms with Gasteiger partial charge in [-0.15, -0.1) is 0 Å². The Labute approximate surface area is 164 Å². The summed E-state index contributed by atoms with van der Waals surface area (Å²) in [6.45, 7) is 0. The molecule has 0 radical (unpaired) electrons. The monoisotopic (exact) mass is 395 g/mol. The minimum absolute atomic E-state index is 0.0347. The third-order valence-electron chi connectivity index (χ3n) is 3.60. The van der Waals surface area contributed by atoms with Gasteiger partial charge in [0.25, 0.3) is 11.5 Å². The van der Waals surface area contributed by atoms with Crippen molar-refractivity contribution in [3.63, 3.8) is 0 Å². The van der Waals surface area contributed by atoms with Gasteiger partial charge in [-0.3, -0.25) is 19.4 Å². The summed E-state index contributed by atoms with van der Waals surface area (Å²) in [4.78, 5) is 43.0. The zero-order chi connectivity index (χ0) is 19.9. The highest BCUT2D eigenvalue weighted by Gasteiger charge is 2.14. The van der Waals surface area contributed by atoms with E-state index in [2.05, 4.69) is 20.6 Å². The van der Waals surface area contributed by atoms with Crippen molar-refractivity contribution < 1.29 is 9.59 Å². The van der Waals surface area contributed by atoms with Crippen LogP contribution in [0.3, 0.4) is 0 Å². The molecule has 8 nitrogen and oxygen atoms in total. The predicted octanol–water partition coefficient (Wildman–Crippen LogP) is 2.34. The Balaban J connectivity index is 1.64. The maximum Gasteiger partial charge on any atom is 0.277 e. The van der Waals surface area contributed by atoms with Crippen molar-refractivity contribution in [1.82, 2.24) is 9.97 Å². The molecule has 2 aromatic carbocycles. The van der Waals surface area contributed by atoms with Crippen molar-refractivity contribution in [3.8, 4) is 0 Å². The first-order chi connectivity index (χ1) is 13.5. The molecule has 0 spiro atoms. The lowest BCUT2D eigenvalue weighted by Gasteiger charge is -2.09. The molecule has 0 fully saturated rings. The summed E-state index contributed by atoms with van der Waals surface area (Å²) in [6.07, 6.45) is 0. The van der Waals surface area contributed by atoms with Crippen LogP contribution in [0.15, 0.2) is 70.6 Å². The number of thioether (sulfide) groups is 1. The topological polar surface area (TPSA) is 130 Å². The Morgan fingerprint density at radius 1 is 1.00 bits per heavy atom. The lowest BCUT2D eigenvalue weighted by molar-refractivity contribution is -0.113. The van der Waals surface area contributed by atoms with Gasteiger partial charge in [0.2, 0.25) is 5.91 Å². The van der Waals surface area contributed by atoms with Crippen molar-refractivity contribution in [2.45, 2.75) is 5.16 Å². The third-order valence-corrected chi connectivity index (χ3v) is 4.47. The summed E-state index contributed by atoms with van der Waals surface area (Å²) in [5.74, 6) is -0.812. The van der Waals surface area contributed by atoms with E-state index in [4.69, 9.17) is 5.73 Å². The summed E-state index contributed by atoms with van der Waals surface area (Å²) in [5.41, 5.74) is 6.15. The quantitative estimate of drug-likeness (QED) is 0.374. The minimum Gasteiger partial charge on any atom is -0.382 e. The molecule has 0 aliphatic carbocycles. The van der Waals surface area contributed by atoms with Crippen LogP contribution in [0, 0.1) is 0 Å². The number of aromatic nitrogens is 2. The number of carbonyl (C=O) groups is 2. The molecule has 0 aliphatic rings. The molecule has 0 atom stereocenters. The summed E-state index contributed by atoms with van der Waals surface area (Å²) >= 11 is 1.03. The number of benzene rings is 2. The van der Waals surface area contributed by atoms with Gasteiger partial charge < -0.3 is 16.4 Å². The predicted molar refractivity (Wildman–Crippen MR) is 109 cm³/mol. The van der Waals surface area contributed by atoms with Gasteiger partial charge in [0.15, 0.2) is 11.0 Å². The molecule has 0 unspecified atom stereocenters. The number of hydrogen-bond acceptors (Lipinski definition) is 6. The molecule has 0 aliphatic heterocycles. The minimum atomic E-state index is -0.595. The molecule has 0 saturated carbocycles. The Morgan fingerprint density at radius 2 is 1.64 bits per heavy atom. The summed E-state index contributed by atoms with van der Waals surface area (Å²) in [6, 6.07) is 17.4. The second kappa shape index (κ2) is 8.87. The molecular weight excluding hydrogens is 378 g/mol. The molecule has 5 N–H and O–H groups in total. The van der Waals surface area contributed by atoms with Crippen molar-refractivity contribution >= 4 is 40.8 Å². The first-order valence-corrected chi connectivity index (χ1v) is 9.25. The summed E-state index contributed by atoms with van der Waals surface area (Å²) < 4.78 is 0. The number of amides is 2. The highest BCUT2D eigenvalue weighted by atomic mass is 32.2. The molecule has 142 valence electrons. The Bertz CT molecular complexity index is 1040. The maximum absolute atomic E-state index is 12.3. The highest BCUT2D eigenvalue weighted by molar-refractivity contribution is 7.99. The summed E-state index contributed by atoms with van der Waals surface area (Å²) in [5, 5.41) is 5.37. The van der Waals surface area contributed by atoms with E-state index in [0.29, 0.717) is 11.3 Å². The van der Waals surface area contributed by atoms with E-state index >= 15 is 0 Å². The van der Waals surface area contributed by atoms with E-state index < -0.39 is 11.5 Å². The lowest BCUT2D eigenvalue weighted by Crippen LogP contribution is -2.23. The standard InChI is InChI=1S/C19H17N5O3S/c20-16-15(22-17(26)12-7-3-1-4-8-12)18(27)24-19(23-16)28-11-14(25)21-13-9-5-2-6-10-13/h1-10H,11H2,(H,21,25)(H,22,26)(H3,20,23,24,27). The first kappa shape index (κ1) is 19.2. The third kappa shape index (κ3) is 4.98. The number of aromatic amines is 1. The van der Waals surface area contributed by atoms with Crippen molar-refractivity contribution in [3.05, 3.63) is 76.6 Å². The van der Waals surface area contributed by atoms with E-state index in [-0.39, 0.29) is 28.3 Å². The van der Waals surface area contributed by atoms with E-state index in [1.54, 1.807) is 42.5 Å². The number of nitrogen functional groups attached to an aromatic ring is 1. The molecule has 2 amide bonds. The molecule has 3 rings (SSSR count). The van der Waals surface area contributed by atoms with Crippen molar-refractivity contribution in [2.75, 3.05) is 22.1 Å². The number of H-pyrrole nitrogens is 1. The van der Waals surface area contributed by atoms with Crippen molar-refractivity contribution in [2.24, 2.45) is 0 Å². The molecule has 1 heterocycles. The smallest absolute Gasteiger partial charge is 0.277 e. The first-order valence-electron chi connectivity index (χ1n) is 8.27. The molecular formula is C19H17N5O3S. The van der Waals surface area contributed by atoms with Gasteiger partial charge in [-0.1, -0.05) is 48.2 Å². The van der Waals surface area contributed by atoms with E-state index in [9.17, 15) is 14.4 Å². The Morgan fingerprint density at radius 3 is 2.29 bits per heavy atom. The SMILES string of the molecule is Nc1nc(SCC(=O)Nc2ccccc2)[nH]c(=O)c1NC(=O)c1ccccc1. The fraction of sp³-hybridized carbons (Fsp3) is 0.0526. The molecule has 28 heavy (non-hydrogen) atoms. The number of anilines is 3. The van der Waals surface area contributed by atoms with E-state index in [0.717, 1.165) is 11.8 Å². The molecule has 3 aromatic rings. The van der Waals surface area contributed by atoms with Crippen LogP contribution in [0.25, 0.3) is 0 Å². The molecule has 1 aromatic heterocycles. The van der Waals surface area contributed by atoms with Crippen LogP contribution in [-0.4, -0.2) is 27.5 Å². The van der Waals surface area contributed by atoms with Gasteiger partial charge >= 0.3 is 0 Å². The van der Waals surface area contributed by atoms with E-state index in [1.165, 1.54) is 0 Å². The van der Waals surface area contributed by atoms with Crippen LogP contribution in [-0.2, 0) is 4.79 Å². The Hall–Kier alpha value is -3.59. The van der Waals surface area contributed by atoms with Gasteiger partial charge in [-0.2, -0.15) is 0 Å². The van der Waals surface area contributed by atoms with Crippen LogP contribution in [0.1, 0.15) is 10.4 Å². The number of para-hydroxylation sites is 1. The van der Waals surface area contributed by atoms with Crippen LogP contribution in [0.2, 0.25) is 0 Å². The second-order valence-electron chi connectivity index (χ2n) is 5.65. The number of carbonyl (C=O) groups excluding carboxylic acids is 2. The largest absolute Gasteiger partial charge is 0.382 e. The molecule has 0 saturated heterocycles. The second-order valence-corrected chi connectivity index (χ2v) is 6.62. The van der Waals surface area contributed by atoms with Gasteiger partial charge in [-0.05, 0) is 24.3 Å². The molecule has 0 bridgehead atoms. The average molecular weight is 395 g/mol. The zero-order valence-corrected chi connectivity index (χ0v) is 15.5. The lowest BCUT2D eigenvalue weighted by atomic mass is 10.2. The van der Waals surface area contributed by atoms with Crippen LogP contribution in [0.5, 0.6) is 0 Å². The zero-order valence-electron chi connectivity index (χ0n) is 14.6.